The highest BCUT2D eigenvalue weighted by Gasteiger charge is 2.33. The maximum Gasteiger partial charge on any atom is 0.326 e. The monoisotopic (exact) mass is 359 g/mol. The number of hydrogen-bond donors (Lipinski definition) is 1. The molecular weight excluding hydrogens is 338 g/mol. The Hall–Kier alpha value is -2.90. The van der Waals surface area contributed by atoms with E-state index in [9.17, 15) is 9.59 Å². The molecule has 1 atom stereocenters. The molecule has 1 amide bonds. The molecule has 0 bridgehead atoms. The summed E-state index contributed by atoms with van der Waals surface area (Å²) in [4.78, 5) is 29.2. The zero-order chi connectivity index (χ0) is 18.5. The molecule has 1 fully saturated rings. The third-order valence-electron chi connectivity index (χ3n) is 4.30. The Morgan fingerprint density at radius 1 is 1.35 bits per heavy atom. The van der Waals surface area contributed by atoms with Crippen LogP contribution in [0.2, 0.25) is 0 Å². The number of benzene rings is 1. The summed E-state index contributed by atoms with van der Waals surface area (Å²) in [7, 11) is 0. The number of likely N-dealkylation sites (tertiary alicyclic amines) is 1. The number of nitrogens with zero attached hydrogens (tertiary/aromatic N) is 3. The summed E-state index contributed by atoms with van der Waals surface area (Å²) < 4.78 is 10.6. The molecule has 8 nitrogen and oxygen atoms in total. The standard InChI is InChI=1S/C18H21N3O5/c1-2-25-13-7-5-12(6-8-13)17-19-15(26-20-17)9-10-16(22)21-11-3-4-14(21)18(23)24/h5-8,14H,2-4,9-11H2,1H3,(H,23,24). The highest BCUT2D eigenvalue weighted by molar-refractivity contribution is 5.84. The Balaban J connectivity index is 1.58. The van der Waals surface area contributed by atoms with Crippen LogP contribution in [-0.4, -0.2) is 51.2 Å². The lowest BCUT2D eigenvalue weighted by atomic mass is 10.2. The second-order valence-electron chi connectivity index (χ2n) is 6.05. The lowest BCUT2D eigenvalue weighted by Crippen LogP contribution is -2.40. The van der Waals surface area contributed by atoms with E-state index in [0.717, 1.165) is 11.3 Å². The maximum absolute atomic E-state index is 12.3. The van der Waals surface area contributed by atoms with Crippen LogP contribution in [0.4, 0.5) is 0 Å². The molecule has 0 spiro atoms. The van der Waals surface area contributed by atoms with E-state index in [4.69, 9.17) is 14.4 Å². The van der Waals surface area contributed by atoms with Gasteiger partial charge in [0.15, 0.2) is 0 Å². The molecule has 26 heavy (non-hydrogen) atoms. The molecule has 2 heterocycles. The number of amides is 1. The Bertz CT molecular complexity index is 771. The van der Waals surface area contributed by atoms with Gasteiger partial charge in [-0.05, 0) is 44.0 Å². The summed E-state index contributed by atoms with van der Waals surface area (Å²) in [6.45, 7) is 3.00. The molecule has 1 saturated heterocycles. The van der Waals surface area contributed by atoms with Crippen LogP contribution >= 0.6 is 0 Å². The molecule has 0 aliphatic carbocycles. The zero-order valence-corrected chi connectivity index (χ0v) is 14.6. The first-order valence-corrected chi connectivity index (χ1v) is 8.66. The summed E-state index contributed by atoms with van der Waals surface area (Å²) in [5.74, 6) is 0.416. The zero-order valence-electron chi connectivity index (χ0n) is 14.6. The van der Waals surface area contributed by atoms with E-state index in [0.29, 0.717) is 37.7 Å². The van der Waals surface area contributed by atoms with Gasteiger partial charge in [-0.1, -0.05) is 5.16 Å². The number of carboxylic acid groups (broad SMARTS) is 1. The number of aliphatic carboxylic acids is 1. The van der Waals surface area contributed by atoms with E-state index in [-0.39, 0.29) is 18.7 Å². The van der Waals surface area contributed by atoms with Gasteiger partial charge in [0.25, 0.3) is 0 Å². The van der Waals surface area contributed by atoms with Crippen LogP contribution in [0, 0.1) is 0 Å². The fourth-order valence-electron chi connectivity index (χ4n) is 3.02. The van der Waals surface area contributed by atoms with Crippen molar-refractivity contribution in [1.29, 1.82) is 0 Å². The molecule has 1 aliphatic heterocycles. The predicted molar refractivity (Wildman–Crippen MR) is 91.6 cm³/mol. The fraction of sp³-hybridized carbons (Fsp3) is 0.444. The Morgan fingerprint density at radius 3 is 2.81 bits per heavy atom. The highest BCUT2D eigenvalue weighted by atomic mass is 16.5. The van der Waals surface area contributed by atoms with E-state index < -0.39 is 12.0 Å². The molecule has 0 radical (unpaired) electrons. The number of rotatable bonds is 7. The van der Waals surface area contributed by atoms with Crippen LogP contribution in [0.15, 0.2) is 28.8 Å². The maximum atomic E-state index is 12.3. The fourth-order valence-corrected chi connectivity index (χ4v) is 3.02. The first-order valence-electron chi connectivity index (χ1n) is 8.66. The number of carbonyl (C=O) groups is 2. The van der Waals surface area contributed by atoms with Crippen molar-refractivity contribution in [2.45, 2.75) is 38.6 Å². The number of carboxylic acids is 1. The number of aryl methyl sites for hydroxylation is 1. The van der Waals surface area contributed by atoms with Crippen LogP contribution in [0.25, 0.3) is 11.4 Å². The van der Waals surface area contributed by atoms with Crippen molar-refractivity contribution in [3.05, 3.63) is 30.2 Å². The van der Waals surface area contributed by atoms with Crippen molar-refractivity contribution in [3.8, 4) is 17.1 Å². The van der Waals surface area contributed by atoms with E-state index in [1.165, 1.54) is 4.90 Å². The van der Waals surface area contributed by atoms with Crippen molar-refractivity contribution in [1.82, 2.24) is 15.0 Å². The minimum atomic E-state index is -0.952. The van der Waals surface area contributed by atoms with Gasteiger partial charge in [-0.15, -0.1) is 0 Å². The van der Waals surface area contributed by atoms with Gasteiger partial charge in [-0.3, -0.25) is 4.79 Å². The number of ether oxygens (including phenoxy) is 1. The van der Waals surface area contributed by atoms with Gasteiger partial charge in [0.05, 0.1) is 6.61 Å². The number of aromatic nitrogens is 2. The average molecular weight is 359 g/mol. The molecule has 3 rings (SSSR count). The summed E-state index contributed by atoms with van der Waals surface area (Å²) in [6, 6.07) is 6.62. The smallest absolute Gasteiger partial charge is 0.326 e. The Kier molecular flexibility index (Phi) is 5.50. The largest absolute Gasteiger partial charge is 0.494 e. The van der Waals surface area contributed by atoms with Gasteiger partial charge in [0, 0.05) is 24.9 Å². The third-order valence-corrected chi connectivity index (χ3v) is 4.30. The molecule has 8 heteroatoms. The molecule has 1 aliphatic rings. The second kappa shape index (κ2) is 7.99. The summed E-state index contributed by atoms with van der Waals surface area (Å²) >= 11 is 0. The van der Waals surface area contributed by atoms with Crippen LogP contribution < -0.4 is 4.74 Å². The molecule has 1 aromatic heterocycles. The third kappa shape index (κ3) is 4.01. The molecule has 1 aromatic carbocycles. The van der Waals surface area contributed by atoms with Gasteiger partial charge in [-0.2, -0.15) is 4.98 Å². The van der Waals surface area contributed by atoms with Crippen LogP contribution in [0.5, 0.6) is 5.75 Å². The minimum Gasteiger partial charge on any atom is -0.494 e. The van der Waals surface area contributed by atoms with E-state index >= 15 is 0 Å². The molecule has 1 unspecified atom stereocenters. The Labute approximate surface area is 150 Å². The normalized spacial score (nSPS) is 16.7. The van der Waals surface area contributed by atoms with Gasteiger partial charge in [-0.25, -0.2) is 4.79 Å². The summed E-state index contributed by atoms with van der Waals surface area (Å²) in [5.41, 5.74) is 0.792. The summed E-state index contributed by atoms with van der Waals surface area (Å²) in [6.07, 6.45) is 1.65. The van der Waals surface area contributed by atoms with Gasteiger partial charge >= 0.3 is 5.97 Å². The van der Waals surface area contributed by atoms with Gasteiger partial charge in [0.2, 0.25) is 17.6 Å². The highest BCUT2D eigenvalue weighted by Crippen LogP contribution is 2.21. The van der Waals surface area contributed by atoms with E-state index in [1.54, 1.807) is 0 Å². The van der Waals surface area contributed by atoms with Crippen molar-refractivity contribution in [2.75, 3.05) is 13.2 Å². The van der Waals surface area contributed by atoms with Crippen molar-refractivity contribution in [2.24, 2.45) is 0 Å². The van der Waals surface area contributed by atoms with Crippen LogP contribution in [0.3, 0.4) is 0 Å². The van der Waals surface area contributed by atoms with E-state index in [1.807, 2.05) is 31.2 Å². The average Bonchev–Trinajstić information content (AvgIpc) is 3.30. The molecule has 2 aromatic rings. The Morgan fingerprint density at radius 2 is 2.12 bits per heavy atom. The second-order valence-corrected chi connectivity index (χ2v) is 6.05. The van der Waals surface area contributed by atoms with Gasteiger partial charge in [0.1, 0.15) is 11.8 Å². The van der Waals surface area contributed by atoms with Crippen LogP contribution in [-0.2, 0) is 16.0 Å². The minimum absolute atomic E-state index is 0.148. The number of hydrogen-bond acceptors (Lipinski definition) is 6. The molecule has 138 valence electrons. The van der Waals surface area contributed by atoms with Gasteiger partial charge < -0.3 is 19.3 Å². The van der Waals surface area contributed by atoms with Crippen molar-refractivity contribution >= 4 is 11.9 Å². The number of carbonyl (C=O) groups excluding carboxylic acids is 1. The topological polar surface area (TPSA) is 106 Å². The molecular formula is C18H21N3O5. The lowest BCUT2D eigenvalue weighted by molar-refractivity contribution is -0.148. The summed E-state index contributed by atoms with van der Waals surface area (Å²) in [5, 5.41) is 13.1. The van der Waals surface area contributed by atoms with Crippen molar-refractivity contribution < 1.29 is 24.0 Å². The predicted octanol–water partition coefficient (Wildman–Crippen LogP) is 2.14. The SMILES string of the molecule is CCOc1ccc(-c2noc(CCC(=O)N3CCCC3C(=O)O)n2)cc1. The first-order chi connectivity index (χ1) is 12.6. The lowest BCUT2D eigenvalue weighted by Gasteiger charge is -2.20. The quantitative estimate of drug-likeness (QED) is 0.807. The molecule has 1 N–H and O–H groups in total. The van der Waals surface area contributed by atoms with Crippen LogP contribution in [0.1, 0.15) is 32.1 Å². The van der Waals surface area contributed by atoms with E-state index in [2.05, 4.69) is 10.1 Å². The molecule has 0 saturated carbocycles. The first kappa shape index (κ1) is 17.9. The van der Waals surface area contributed by atoms with Crippen molar-refractivity contribution in [3.63, 3.8) is 0 Å².